The quantitative estimate of drug-likeness (QED) is 0.578. The Balaban J connectivity index is 2.01. The van der Waals surface area contributed by atoms with Crippen molar-refractivity contribution in [2.24, 2.45) is 0 Å². The van der Waals surface area contributed by atoms with Gasteiger partial charge < -0.3 is 10.2 Å². The number of hydrogen-bond donors (Lipinski definition) is 2. The van der Waals surface area contributed by atoms with E-state index in [9.17, 15) is 15.0 Å². The van der Waals surface area contributed by atoms with Crippen LogP contribution in [0, 0.1) is 0 Å². The molecule has 126 valence electrons. The van der Waals surface area contributed by atoms with Crippen LogP contribution in [0.25, 0.3) is 33.5 Å². The first-order chi connectivity index (χ1) is 12.6. The van der Waals surface area contributed by atoms with Crippen molar-refractivity contribution in [3.8, 4) is 28.3 Å². The largest absolute Gasteiger partial charge is 0.508 e. The Bertz CT molecular complexity index is 1110. The van der Waals surface area contributed by atoms with E-state index in [0.29, 0.717) is 22.4 Å². The second-order valence-corrected chi connectivity index (χ2v) is 5.84. The van der Waals surface area contributed by atoms with Crippen molar-refractivity contribution in [3.63, 3.8) is 0 Å². The highest BCUT2D eigenvalue weighted by Crippen LogP contribution is 2.31. The molecule has 0 amide bonds. The molecule has 0 unspecified atom stereocenters. The Morgan fingerprint density at radius 3 is 2.00 bits per heavy atom. The lowest BCUT2D eigenvalue weighted by molar-refractivity contribution is 0.0697. The molecule has 0 bridgehead atoms. The predicted molar refractivity (Wildman–Crippen MR) is 99.0 cm³/mol. The van der Waals surface area contributed by atoms with Crippen molar-refractivity contribution in [2.45, 2.75) is 0 Å². The minimum atomic E-state index is -1.01. The van der Waals surface area contributed by atoms with E-state index in [-0.39, 0.29) is 11.3 Å². The third-order valence-corrected chi connectivity index (χ3v) is 4.10. The number of carboxylic acids is 1. The van der Waals surface area contributed by atoms with E-state index in [4.69, 9.17) is 4.98 Å². The fourth-order valence-corrected chi connectivity index (χ4v) is 2.81. The minimum absolute atomic E-state index is 0.163. The summed E-state index contributed by atoms with van der Waals surface area (Å²) >= 11 is 0. The minimum Gasteiger partial charge on any atom is -0.508 e. The van der Waals surface area contributed by atoms with Crippen LogP contribution >= 0.6 is 0 Å². The fraction of sp³-hybridized carbons (Fsp3) is 0. The summed E-state index contributed by atoms with van der Waals surface area (Å²) < 4.78 is 0. The first kappa shape index (κ1) is 15.8. The number of benzene rings is 3. The third kappa shape index (κ3) is 2.86. The molecule has 4 aromatic rings. The van der Waals surface area contributed by atoms with E-state index in [2.05, 4.69) is 4.98 Å². The van der Waals surface area contributed by atoms with Crippen LogP contribution in [0.4, 0.5) is 0 Å². The van der Waals surface area contributed by atoms with Crippen molar-refractivity contribution in [1.29, 1.82) is 0 Å². The maximum absolute atomic E-state index is 11.2. The molecule has 0 aliphatic carbocycles. The van der Waals surface area contributed by atoms with Crippen molar-refractivity contribution in [3.05, 3.63) is 78.4 Å². The molecule has 1 aromatic heterocycles. The molecule has 0 aliphatic rings. The lowest BCUT2D eigenvalue weighted by Gasteiger charge is -2.11. The Labute approximate surface area is 149 Å². The van der Waals surface area contributed by atoms with Crippen molar-refractivity contribution >= 4 is 17.0 Å². The van der Waals surface area contributed by atoms with Gasteiger partial charge in [0.1, 0.15) is 5.75 Å². The van der Waals surface area contributed by atoms with Gasteiger partial charge in [-0.1, -0.05) is 30.3 Å². The van der Waals surface area contributed by atoms with E-state index in [1.165, 1.54) is 12.1 Å². The van der Waals surface area contributed by atoms with Crippen LogP contribution in [-0.4, -0.2) is 26.2 Å². The molecule has 0 aliphatic heterocycles. The molecule has 5 nitrogen and oxygen atoms in total. The molecule has 0 spiro atoms. The number of aromatic nitrogens is 2. The maximum Gasteiger partial charge on any atom is 0.335 e. The number of fused-ring (bicyclic) bond motifs is 1. The van der Waals surface area contributed by atoms with Crippen LogP contribution in [0.3, 0.4) is 0 Å². The van der Waals surface area contributed by atoms with Gasteiger partial charge in [-0.3, -0.25) is 0 Å². The summed E-state index contributed by atoms with van der Waals surface area (Å²) in [4.78, 5) is 20.7. The van der Waals surface area contributed by atoms with Crippen molar-refractivity contribution < 1.29 is 15.0 Å². The van der Waals surface area contributed by atoms with E-state index < -0.39 is 5.97 Å². The predicted octanol–water partition coefficient (Wildman–Crippen LogP) is 4.37. The van der Waals surface area contributed by atoms with Gasteiger partial charge in [0.05, 0.1) is 28.0 Å². The van der Waals surface area contributed by atoms with Crippen molar-refractivity contribution in [1.82, 2.24) is 9.97 Å². The summed E-state index contributed by atoms with van der Waals surface area (Å²) in [7, 11) is 0. The molecular formula is C21H14N2O3. The highest BCUT2D eigenvalue weighted by Gasteiger charge is 2.14. The lowest BCUT2D eigenvalue weighted by Crippen LogP contribution is -1.99. The van der Waals surface area contributed by atoms with Crippen LogP contribution in [0.1, 0.15) is 10.4 Å². The van der Waals surface area contributed by atoms with Gasteiger partial charge in [-0.2, -0.15) is 0 Å². The van der Waals surface area contributed by atoms with Gasteiger partial charge in [-0.25, -0.2) is 14.8 Å². The second-order valence-electron chi connectivity index (χ2n) is 5.84. The van der Waals surface area contributed by atoms with Gasteiger partial charge in [0, 0.05) is 11.1 Å². The standard InChI is InChI=1S/C21H14N2O3/c24-16-9-6-14(7-10-16)20-19(13-4-2-1-3-5-13)22-17-11-8-15(21(25)26)12-18(17)23-20/h1-12,24H,(H,25,26). The number of carboxylic acid groups (broad SMARTS) is 1. The molecule has 5 heteroatoms. The van der Waals surface area contributed by atoms with Gasteiger partial charge in [0.2, 0.25) is 0 Å². The van der Waals surface area contributed by atoms with Gasteiger partial charge >= 0.3 is 5.97 Å². The van der Waals surface area contributed by atoms with E-state index in [0.717, 1.165) is 11.1 Å². The Hall–Kier alpha value is -3.73. The average Bonchev–Trinajstić information content (AvgIpc) is 2.68. The molecule has 0 saturated heterocycles. The average molecular weight is 342 g/mol. The fourth-order valence-electron chi connectivity index (χ4n) is 2.81. The zero-order valence-electron chi connectivity index (χ0n) is 13.6. The van der Waals surface area contributed by atoms with Crippen LogP contribution in [0.2, 0.25) is 0 Å². The summed E-state index contributed by atoms with van der Waals surface area (Å²) in [6.45, 7) is 0. The maximum atomic E-state index is 11.2. The van der Waals surface area contributed by atoms with Gasteiger partial charge in [-0.05, 0) is 42.5 Å². The Morgan fingerprint density at radius 2 is 1.35 bits per heavy atom. The molecule has 3 aromatic carbocycles. The van der Waals surface area contributed by atoms with Gasteiger partial charge in [0.25, 0.3) is 0 Å². The number of carbonyl (C=O) groups is 1. The summed E-state index contributed by atoms with van der Waals surface area (Å²) in [5, 5.41) is 18.8. The van der Waals surface area contributed by atoms with Crippen LogP contribution in [-0.2, 0) is 0 Å². The topological polar surface area (TPSA) is 83.3 Å². The molecule has 4 rings (SSSR count). The molecule has 0 saturated carbocycles. The first-order valence-electron chi connectivity index (χ1n) is 8.02. The Kier molecular flexibility index (Phi) is 3.82. The van der Waals surface area contributed by atoms with Crippen molar-refractivity contribution in [2.75, 3.05) is 0 Å². The van der Waals surface area contributed by atoms with E-state index in [1.54, 1.807) is 30.3 Å². The number of aromatic hydroxyl groups is 1. The monoisotopic (exact) mass is 342 g/mol. The molecule has 0 atom stereocenters. The van der Waals surface area contributed by atoms with E-state index in [1.807, 2.05) is 30.3 Å². The third-order valence-electron chi connectivity index (χ3n) is 4.10. The molecule has 2 N–H and O–H groups in total. The highest BCUT2D eigenvalue weighted by molar-refractivity contribution is 5.94. The number of rotatable bonds is 3. The number of hydrogen-bond acceptors (Lipinski definition) is 4. The van der Waals surface area contributed by atoms with Crippen LogP contribution < -0.4 is 0 Å². The second kappa shape index (κ2) is 6.29. The number of nitrogens with zero attached hydrogens (tertiary/aromatic N) is 2. The number of phenols is 1. The smallest absolute Gasteiger partial charge is 0.335 e. The first-order valence-corrected chi connectivity index (χ1v) is 8.02. The normalized spacial score (nSPS) is 10.8. The molecule has 0 radical (unpaired) electrons. The van der Waals surface area contributed by atoms with Crippen LogP contribution in [0.5, 0.6) is 5.75 Å². The van der Waals surface area contributed by atoms with Crippen LogP contribution in [0.15, 0.2) is 72.8 Å². The Morgan fingerprint density at radius 1 is 0.731 bits per heavy atom. The molecule has 1 heterocycles. The summed E-state index contributed by atoms with van der Waals surface area (Å²) in [5.74, 6) is -0.844. The molecular weight excluding hydrogens is 328 g/mol. The highest BCUT2D eigenvalue weighted by atomic mass is 16.4. The molecule has 0 fully saturated rings. The summed E-state index contributed by atoms with van der Waals surface area (Å²) in [6, 6.07) is 21.1. The number of aromatic carboxylic acids is 1. The SMILES string of the molecule is O=C(O)c1ccc2nc(-c3ccccc3)c(-c3ccc(O)cc3)nc2c1. The van der Waals surface area contributed by atoms with Gasteiger partial charge in [0.15, 0.2) is 0 Å². The van der Waals surface area contributed by atoms with Gasteiger partial charge in [-0.15, -0.1) is 0 Å². The lowest BCUT2D eigenvalue weighted by atomic mass is 10.0. The summed E-state index contributed by atoms with van der Waals surface area (Å²) in [5.41, 5.74) is 4.32. The number of phenolic OH excluding ortho intramolecular Hbond substituents is 1. The van der Waals surface area contributed by atoms with E-state index >= 15 is 0 Å². The summed E-state index contributed by atoms with van der Waals surface area (Å²) in [6.07, 6.45) is 0. The zero-order valence-corrected chi connectivity index (χ0v) is 13.6. The molecule has 26 heavy (non-hydrogen) atoms. The zero-order chi connectivity index (χ0) is 18.1.